The highest BCUT2D eigenvalue weighted by atomic mass is 19.1. The zero-order valence-electron chi connectivity index (χ0n) is 14.6. The summed E-state index contributed by atoms with van der Waals surface area (Å²) in [6.45, 7) is 1.55. The molecule has 1 amide bonds. The molecule has 1 heterocycles. The number of esters is 1. The van der Waals surface area contributed by atoms with E-state index in [4.69, 9.17) is 4.74 Å². The van der Waals surface area contributed by atoms with Gasteiger partial charge in [-0.2, -0.15) is 0 Å². The van der Waals surface area contributed by atoms with Crippen molar-refractivity contribution in [1.82, 2.24) is 10.9 Å². The zero-order valence-corrected chi connectivity index (χ0v) is 14.6. The van der Waals surface area contributed by atoms with Gasteiger partial charge in [0, 0.05) is 12.2 Å². The topological polar surface area (TPSA) is 79.5 Å². The van der Waals surface area contributed by atoms with Gasteiger partial charge in [0.05, 0.1) is 12.0 Å². The van der Waals surface area contributed by atoms with E-state index in [9.17, 15) is 18.4 Å². The number of carbonyl (C=O) groups excluding carboxylic acids is 2. The van der Waals surface area contributed by atoms with Gasteiger partial charge in [-0.05, 0) is 42.3 Å². The first-order valence-corrected chi connectivity index (χ1v) is 8.40. The van der Waals surface area contributed by atoms with Crippen LogP contribution in [-0.2, 0) is 14.3 Å². The number of halogens is 2. The minimum atomic E-state index is -0.570. The van der Waals surface area contributed by atoms with Crippen molar-refractivity contribution in [2.45, 2.75) is 13.0 Å². The van der Waals surface area contributed by atoms with E-state index in [1.807, 2.05) is 0 Å². The molecule has 2 aromatic carbocycles. The second kappa shape index (κ2) is 8.24. The Morgan fingerprint density at radius 3 is 2.59 bits per heavy atom. The summed E-state index contributed by atoms with van der Waals surface area (Å²) in [7, 11) is 0. The molecule has 8 heteroatoms. The zero-order chi connectivity index (χ0) is 19.4. The van der Waals surface area contributed by atoms with Gasteiger partial charge in [0.1, 0.15) is 11.6 Å². The van der Waals surface area contributed by atoms with Crippen molar-refractivity contribution >= 4 is 17.6 Å². The second-order valence-electron chi connectivity index (χ2n) is 6.28. The molecule has 0 radical (unpaired) electrons. The minimum Gasteiger partial charge on any atom is -0.455 e. The summed E-state index contributed by atoms with van der Waals surface area (Å²) in [4.78, 5) is 24.4. The van der Waals surface area contributed by atoms with E-state index in [1.54, 1.807) is 25.1 Å². The van der Waals surface area contributed by atoms with Crippen LogP contribution in [0.25, 0.3) is 0 Å². The Labute approximate surface area is 154 Å². The molecule has 0 spiro atoms. The summed E-state index contributed by atoms with van der Waals surface area (Å²) >= 11 is 0. The number of anilines is 1. The average molecular weight is 375 g/mol. The van der Waals surface area contributed by atoms with E-state index >= 15 is 0 Å². The number of rotatable bonds is 5. The molecule has 6 nitrogen and oxygen atoms in total. The molecule has 0 saturated carbocycles. The number of hydrogen-bond acceptors (Lipinski definition) is 5. The molecular weight excluding hydrogens is 356 g/mol. The van der Waals surface area contributed by atoms with Gasteiger partial charge in [-0.15, -0.1) is 0 Å². The summed E-state index contributed by atoms with van der Waals surface area (Å²) in [6.07, 6.45) is 0. The van der Waals surface area contributed by atoms with Gasteiger partial charge in [-0.1, -0.05) is 18.2 Å². The van der Waals surface area contributed by atoms with E-state index < -0.39 is 36.3 Å². The summed E-state index contributed by atoms with van der Waals surface area (Å²) in [5, 5.41) is 2.52. The van der Waals surface area contributed by atoms with Gasteiger partial charge < -0.3 is 10.1 Å². The Morgan fingerprint density at radius 1 is 1.15 bits per heavy atom. The maximum Gasteiger partial charge on any atom is 0.312 e. The highest BCUT2D eigenvalue weighted by molar-refractivity contribution is 5.93. The van der Waals surface area contributed by atoms with Crippen molar-refractivity contribution in [3.8, 4) is 0 Å². The van der Waals surface area contributed by atoms with Crippen molar-refractivity contribution in [3.05, 3.63) is 65.2 Å². The minimum absolute atomic E-state index is 0.311. The Bertz CT molecular complexity index is 843. The molecule has 1 aliphatic rings. The molecule has 2 aromatic rings. The van der Waals surface area contributed by atoms with E-state index in [2.05, 4.69) is 16.2 Å². The molecule has 1 aliphatic heterocycles. The number of hydrogen-bond donors (Lipinski definition) is 3. The Morgan fingerprint density at radius 2 is 1.85 bits per heavy atom. The Balaban J connectivity index is 1.57. The molecule has 0 aliphatic carbocycles. The average Bonchev–Trinajstić information content (AvgIpc) is 3.13. The summed E-state index contributed by atoms with van der Waals surface area (Å²) in [5.74, 6) is -2.53. The van der Waals surface area contributed by atoms with Crippen molar-refractivity contribution in [2.75, 3.05) is 18.5 Å². The molecule has 2 unspecified atom stereocenters. The number of ether oxygens (including phenoxy) is 1. The lowest BCUT2D eigenvalue weighted by molar-refractivity contribution is -0.151. The fourth-order valence-corrected chi connectivity index (χ4v) is 2.86. The fourth-order valence-electron chi connectivity index (χ4n) is 2.86. The third-order valence-electron chi connectivity index (χ3n) is 4.33. The van der Waals surface area contributed by atoms with Crippen LogP contribution in [-0.4, -0.2) is 25.0 Å². The van der Waals surface area contributed by atoms with Gasteiger partial charge in [0.15, 0.2) is 6.61 Å². The number of benzene rings is 2. The van der Waals surface area contributed by atoms with Crippen molar-refractivity contribution in [2.24, 2.45) is 5.92 Å². The first-order valence-electron chi connectivity index (χ1n) is 8.40. The van der Waals surface area contributed by atoms with Crippen LogP contribution < -0.4 is 16.2 Å². The maximum absolute atomic E-state index is 13.3. The Kier molecular flexibility index (Phi) is 5.78. The van der Waals surface area contributed by atoms with Crippen LogP contribution in [0.1, 0.15) is 17.2 Å². The molecule has 1 fully saturated rings. The van der Waals surface area contributed by atoms with Crippen LogP contribution in [0, 0.1) is 24.5 Å². The number of nitrogens with one attached hydrogen (secondary N) is 3. The lowest BCUT2D eigenvalue weighted by Gasteiger charge is -2.17. The largest absolute Gasteiger partial charge is 0.455 e. The molecular formula is C19H19F2N3O3. The van der Waals surface area contributed by atoms with Gasteiger partial charge in [0.2, 0.25) is 0 Å². The lowest BCUT2D eigenvalue weighted by atomic mass is 9.95. The predicted octanol–water partition coefficient (Wildman–Crippen LogP) is 2.22. The van der Waals surface area contributed by atoms with Gasteiger partial charge in [0.25, 0.3) is 5.91 Å². The van der Waals surface area contributed by atoms with E-state index in [0.29, 0.717) is 17.8 Å². The monoisotopic (exact) mass is 375 g/mol. The molecule has 142 valence electrons. The number of amides is 1. The summed E-state index contributed by atoms with van der Waals surface area (Å²) in [5.41, 5.74) is 7.56. The third-order valence-corrected chi connectivity index (χ3v) is 4.33. The van der Waals surface area contributed by atoms with Gasteiger partial charge in [-0.3, -0.25) is 15.0 Å². The Hall–Kier alpha value is -2.84. The number of hydrazine groups is 1. The maximum atomic E-state index is 13.3. The normalized spacial score (nSPS) is 18.9. The quantitative estimate of drug-likeness (QED) is 0.699. The van der Waals surface area contributed by atoms with Crippen LogP contribution in [0.5, 0.6) is 0 Å². The molecule has 0 aromatic heterocycles. The highest BCUT2D eigenvalue weighted by Crippen LogP contribution is 2.26. The van der Waals surface area contributed by atoms with Crippen LogP contribution in [0.15, 0.2) is 42.5 Å². The lowest BCUT2D eigenvalue weighted by Crippen LogP contribution is -2.29. The van der Waals surface area contributed by atoms with E-state index in [1.165, 1.54) is 24.3 Å². The molecule has 27 heavy (non-hydrogen) atoms. The second-order valence-corrected chi connectivity index (χ2v) is 6.28. The smallest absolute Gasteiger partial charge is 0.312 e. The first-order chi connectivity index (χ1) is 12.9. The number of aryl methyl sites for hydroxylation is 1. The first kappa shape index (κ1) is 18.9. The highest BCUT2D eigenvalue weighted by Gasteiger charge is 2.35. The number of carbonyl (C=O) groups is 2. The molecule has 3 N–H and O–H groups in total. The van der Waals surface area contributed by atoms with E-state index in [-0.39, 0.29) is 5.82 Å². The third kappa shape index (κ3) is 4.66. The SMILES string of the molecule is Cc1ccc(F)cc1NC(=O)COC(=O)C1CNNC1c1ccc(F)cc1. The molecule has 3 rings (SSSR count). The summed E-state index contributed by atoms with van der Waals surface area (Å²) in [6, 6.07) is 9.43. The molecule has 1 saturated heterocycles. The van der Waals surface area contributed by atoms with Crippen LogP contribution in [0.2, 0.25) is 0 Å². The van der Waals surface area contributed by atoms with Crippen LogP contribution in [0.4, 0.5) is 14.5 Å². The fraction of sp³-hybridized carbons (Fsp3) is 0.263. The standard InChI is InChI=1S/C19H19F2N3O3/c1-11-2-5-14(21)8-16(11)23-17(25)10-27-19(26)15-9-22-24-18(15)12-3-6-13(20)7-4-12/h2-8,15,18,22,24H,9-10H2,1H3,(H,23,25). The molecule has 2 atom stereocenters. The van der Waals surface area contributed by atoms with Crippen molar-refractivity contribution in [1.29, 1.82) is 0 Å². The van der Waals surface area contributed by atoms with Crippen molar-refractivity contribution in [3.63, 3.8) is 0 Å². The predicted molar refractivity (Wildman–Crippen MR) is 94.5 cm³/mol. The van der Waals surface area contributed by atoms with Gasteiger partial charge >= 0.3 is 5.97 Å². The molecule has 0 bridgehead atoms. The van der Waals surface area contributed by atoms with E-state index in [0.717, 1.165) is 5.56 Å². The van der Waals surface area contributed by atoms with Crippen LogP contribution >= 0.6 is 0 Å². The van der Waals surface area contributed by atoms with Gasteiger partial charge in [-0.25, -0.2) is 14.2 Å². The van der Waals surface area contributed by atoms with Crippen LogP contribution in [0.3, 0.4) is 0 Å². The van der Waals surface area contributed by atoms with Crippen molar-refractivity contribution < 1.29 is 23.1 Å². The summed E-state index contributed by atoms with van der Waals surface area (Å²) < 4.78 is 31.5.